The van der Waals surface area contributed by atoms with Crippen LogP contribution in [0.2, 0.25) is 0 Å². The second-order valence-corrected chi connectivity index (χ2v) is 4.49. The summed E-state index contributed by atoms with van der Waals surface area (Å²) in [5.41, 5.74) is 1.89. The fraction of sp³-hybridized carbons (Fsp3) is 0.462. The number of nitrogens with one attached hydrogen (secondary N) is 1. The molecule has 0 spiro atoms. The number of aryl methyl sites for hydroxylation is 1. The van der Waals surface area contributed by atoms with Crippen LogP contribution in [0.4, 0.5) is 5.69 Å². The molecular weight excluding hydrogens is 202 g/mol. The largest absolute Gasteiger partial charge is 0.383 e. The minimum absolute atomic E-state index is 0.158. The average Bonchev–Trinajstić information content (AvgIpc) is 2.19. The van der Waals surface area contributed by atoms with E-state index in [4.69, 9.17) is 0 Å². The summed E-state index contributed by atoms with van der Waals surface area (Å²) < 4.78 is 0. The van der Waals surface area contributed by atoms with E-state index in [1.165, 1.54) is 0 Å². The average molecular weight is 219 g/mol. The predicted octanol–water partition coefficient (Wildman–Crippen LogP) is 2.09. The standard InChI is InChI=1S/C13H17NO2/c1-9-5-7-11(8-6-9)14-13(16)12(15)10-3-2-4-10/h5-8,10,12,15H,2-4H2,1H3,(H,14,16). The third-order valence-electron chi connectivity index (χ3n) is 3.18. The van der Waals surface area contributed by atoms with Gasteiger partial charge in [0.25, 0.3) is 5.91 Å². The van der Waals surface area contributed by atoms with Gasteiger partial charge in [0.15, 0.2) is 0 Å². The first-order valence-corrected chi connectivity index (χ1v) is 5.72. The molecule has 2 rings (SSSR count). The van der Waals surface area contributed by atoms with Gasteiger partial charge in [-0.05, 0) is 37.8 Å². The lowest BCUT2D eigenvalue weighted by Crippen LogP contribution is -2.37. The summed E-state index contributed by atoms with van der Waals surface area (Å²) >= 11 is 0. The molecule has 0 saturated heterocycles. The zero-order valence-electron chi connectivity index (χ0n) is 9.44. The topological polar surface area (TPSA) is 49.3 Å². The van der Waals surface area contributed by atoms with Gasteiger partial charge in [0, 0.05) is 5.69 Å². The Kier molecular flexibility index (Phi) is 3.25. The molecule has 0 heterocycles. The molecule has 3 heteroatoms. The highest BCUT2D eigenvalue weighted by molar-refractivity contribution is 5.94. The van der Waals surface area contributed by atoms with Gasteiger partial charge >= 0.3 is 0 Å². The highest BCUT2D eigenvalue weighted by atomic mass is 16.3. The molecule has 0 aromatic heterocycles. The summed E-state index contributed by atoms with van der Waals surface area (Å²) in [5, 5.41) is 12.5. The van der Waals surface area contributed by atoms with Crippen LogP contribution in [-0.2, 0) is 4.79 Å². The Hall–Kier alpha value is -1.35. The van der Waals surface area contributed by atoms with Crippen molar-refractivity contribution in [2.45, 2.75) is 32.3 Å². The van der Waals surface area contributed by atoms with E-state index in [2.05, 4.69) is 5.32 Å². The maximum Gasteiger partial charge on any atom is 0.253 e. The second-order valence-electron chi connectivity index (χ2n) is 4.49. The molecule has 1 aromatic rings. The smallest absolute Gasteiger partial charge is 0.253 e. The molecule has 3 nitrogen and oxygen atoms in total. The van der Waals surface area contributed by atoms with Gasteiger partial charge in [0.1, 0.15) is 6.10 Å². The minimum Gasteiger partial charge on any atom is -0.383 e. The number of anilines is 1. The molecule has 1 atom stereocenters. The van der Waals surface area contributed by atoms with Crippen LogP contribution in [-0.4, -0.2) is 17.1 Å². The van der Waals surface area contributed by atoms with Crippen LogP contribution in [0.5, 0.6) is 0 Å². The Morgan fingerprint density at radius 3 is 2.50 bits per heavy atom. The van der Waals surface area contributed by atoms with Crippen LogP contribution in [0.15, 0.2) is 24.3 Å². The second kappa shape index (κ2) is 4.66. The van der Waals surface area contributed by atoms with Crippen molar-refractivity contribution in [3.63, 3.8) is 0 Å². The molecule has 86 valence electrons. The van der Waals surface area contributed by atoms with Crippen LogP contribution >= 0.6 is 0 Å². The summed E-state index contributed by atoms with van der Waals surface area (Å²) in [6.07, 6.45) is 2.19. The Morgan fingerprint density at radius 1 is 1.38 bits per heavy atom. The fourth-order valence-electron chi connectivity index (χ4n) is 1.82. The highest BCUT2D eigenvalue weighted by Crippen LogP contribution is 2.30. The molecule has 1 aliphatic carbocycles. The number of hydrogen-bond donors (Lipinski definition) is 2. The van der Waals surface area contributed by atoms with E-state index < -0.39 is 6.10 Å². The summed E-state index contributed by atoms with van der Waals surface area (Å²) in [4.78, 5) is 11.7. The van der Waals surface area contributed by atoms with Gasteiger partial charge in [-0.1, -0.05) is 24.1 Å². The number of carbonyl (C=O) groups is 1. The van der Waals surface area contributed by atoms with Crippen LogP contribution in [0.25, 0.3) is 0 Å². The summed E-state index contributed by atoms with van der Waals surface area (Å²) in [6, 6.07) is 7.57. The Balaban J connectivity index is 1.93. The molecule has 1 aliphatic rings. The van der Waals surface area contributed by atoms with Gasteiger partial charge in [-0.15, -0.1) is 0 Å². The van der Waals surface area contributed by atoms with Crippen molar-refractivity contribution in [2.75, 3.05) is 5.32 Å². The van der Waals surface area contributed by atoms with E-state index >= 15 is 0 Å². The van der Waals surface area contributed by atoms with Crippen molar-refractivity contribution in [1.82, 2.24) is 0 Å². The van der Waals surface area contributed by atoms with Crippen molar-refractivity contribution in [3.8, 4) is 0 Å². The lowest BCUT2D eigenvalue weighted by Gasteiger charge is -2.29. The van der Waals surface area contributed by atoms with Gasteiger partial charge in [-0.3, -0.25) is 4.79 Å². The van der Waals surface area contributed by atoms with Crippen LogP contribution in [0.3, 0.4) is 0 Å². The van der Waals surface area contributed by atoms with Crippen LogP contribution in [0.1, 0.15) is 24.8 Å². The third-order valence-corrected chi connectivity index (χ3v) is 3.18. The lowest BCUT2D eigenvalue weighted by molar-refractivity contribution is -0.128. The number of aliphatic hydroxyl groups is 1. The molecule has 2 N–H and O–H groups in total. The Bertz CT molecular complexity index is 368. The number of hydrogen-bond acceptors (Lipinski definition) is 2. The zero-order valence-corrected chi connectivity index (χ0v) is 9.44. The lowest BCUT2D eigenvalue weighted by atomic mass is 9.81. The predicted molar refractivity (Wildman–Crippen MR) is 63.2 cm³/mol. The first kappa shape index (κ1) is 11.1. The number of rotatable bonds is 3. The molecule has 0 radical (unpaired) electrons. The molecule has 1 aromatic carbocycles. The SMILES string of the molecule is Cc1ccc(NC(=O)C(O)C2CCC2)cc1. The fourth-order valence-corrected chi connectivity index (χ4v) is 1.82. The van der Waals surface area contributed by atoms with Crippen molar-refractivity contribution in [2.24, 2.45) is 5.92 Å². The van der Waals surface area contributed by atoms with Gasteiger partial charge in [0.2, 0.25) is 0 Å². The van der Waals surface area contributed by atoms with E-state index in [1.807, 2.05) is 31.2 Å². The van der Waals surface area contributed by atoms with E-state index in [0.717, 1.165) is 30.5 Å². The van der Waals surface area contributed by atoms with E-state index in [1.54, 1.807) is 0 Å². The molecular formula is C13H17NO2. The Morgan fingerprint density at radius 2 is 2.00 bits per heavy atom. The molecule has 0 bridgehead atoms. The summed E-state index contributed by atoms with van der Waals surface area (Å²) in [5.74, 6) is -0.126. The Labute approximate surface area is 95.5 Å². The first-order chi connectivity index (χ1) is 7.66. The number of amides is 1. The van der Waals surface area contributed by atoms with E-state index in [9.17, 15) is 9.90 Å². The van der Waals surface area contributed by atoms with Gasteiger partial charge < -0.3 is 10.4 Å². The maximum atomic E-state index is 11.7. The molecule has 0 aliphatic heterocycles. The van der Waals surface area contributed by atoms with Gasteiger partial charge in [0.05, 0.1) is 0 Å². The summed E-state index contributed by atoms with van der Waals surface area (Å²) in [6.45, 7) is 1.99. The number of benzene rings is 1. The first-order valence-electron chi connectivity index (χ1n) is 5.72. The molecule has 16 heavy (non-hydrogen) atoms. The third kappa shape index (κ3) is 2.42. The minimum atomic E-state index is -0.852. The zero-order chi connectivity index (χ0) is 11.5. The van der Waals surface area contributed by atoms with Crippen molar-refractivity contribution < 1.29 is 9.90 Å². The quantitative estimate of drug-likeness (QED) is 0.817. The van der Waals surface area contributed by atoms with Gasteiger partial charge in [-0.2, -0.15) is 0 Å². The maximum absolute atomic E-state index is 11.7. The summed E-state index contributed by atoms with van der Waals surface area (Å²) in [7, 11) is 0. The number of aliphatic hydroxyl groups excluding tert-OH is 1. The normalized spacial score (nSPS) is 17.6. The number of carbonyl (C=O) groups excluding carboxylic acids is 1. The molecule has 1 unspecified atom stereocenters. The highest BCUT2D eigenvalue weighted by Gasteiger charge is 2.30. The van der Waals surface area contributed by atoms with E-state index in [0.29, 0.717) is 0 Å². The van der Waals surface area contributed by atoms with Crippen molar-refractivity contribution in [3.05, 3.63) is 29.8 Å². The van der Waals surface area contributed by atoms with Crippen LogP contribution < -0.4 is 5.32 Å². The van der Waals surface area contributed by atoms with Crippen LogP contribution in [0, 0.1) is 12.8 Å². The van der Waals surface area contributed by atoms with Crippen molar-refractivity contribution in [1.29, 1.82) is 0 Å². The van der Waals surface area contributed by atoms with Gasteiger partial charge in [-0.25, -0.2) is 0 Å². The monoisotopic (exact) mass is 219 g/mol. The van der Waals surface area contributed by atoms with Crippen molar-refractivity contribution >= 4 is 11.6 Å². The molecule has 1 amide bonds. The molecule has 1 fully saturated rings. The van der Waals surface area contributed by atoms with E-state index in [-0.39, 0.29) is 11.8 Å². The molecule has 1 saturated carbocycles.